The van der Waals surface area contributed by atoms with Crippen LogP contribution in [0.15, 0.2) is 0 Å². The summed E-state index contributed by atoms with van der Waals surface area (Å²) in [7, 11) is 5.37. The van der Waals surface area contributed by atoms with Gasteiger partial charge in [-0.15, -0.1) is 0 Å². The van der Waals surface area contributed by atoms with Gasteiger partial charge in [0.15, 0.2) is 0 Å². The highest BCUT2D eigenvalue weighted by Gasteiger charge is 2.25. The highest BCUT2D eigenvalue weighted by molar-refractivity contribution is 6.13. The predicted molar refractivity (Wildman–Crippen MR) is 23.3 cm³/mol. The van der Waals surface area contributed by atoms with E-state index in [4.69, 9.17) is 7.85 Å². The average Bonchev–Trinajstić information content (AvgIpc) is 1.79. The molecule has 5 heavy (non-hydrogen) atoms. The van der Waals surface area contributed by atoms with Gasteiger partial charge in [0.1, 0.15) is 0 Å². The second-order valence-electron chi connectivity index (χ2n) is 1.88. The van der Waals surface area contributed by atoms with Crippen LogP contribution in [-0.4, -0.2) is 7.85 Å². The Morgan fingerprint density at radius 2 is 2.00 bits per heavy atom. The summed E-state index contributed by atoms with van der Waals surface area (Å²) in [4.78, 5) is 0. The van der Waals surface area contributed by atoms with Crippen LogP contribution < -0.4 is 0 Å². The van der Waals surface area contributed by atoms with Gasteiger partial charge in [-0.3, -0.25) is 0 Å². The van der Waals surface area contributed by atoms with Gasteiger partial charge < -0.3 is 0 Å². The van der Waals surface area contributed by atoms with Crippen LogP contribution in [0.4, 0.5) is 0 Å². The van der Waals surface area contributed by atoms with Crippen LogP contribution in [0.25, 0.3) is 0 Å². The molecule has 0 heterocycles. The van der Waals surface area contributed by atoms with Crippen molar-refractivity contribution >= 4 is 7.85 Å². The molecule has 0 saturated heterocycles. The van der Waals surface area contributed by atoms with Gasteiger partial charge in [0.2, 0.25) is 0 Å². The van der Waals surface area contributed by atoms with E-state index in [2.05, 4.69) is 6.92 Å². The van der Waals surface area contributed by atoms with Gasteiger partial charge in [0.25, 0.3) is 0 Å². The molecule has 2 radical (unpaired) electrons. The van der Waals surface area contributed by atoms with Crippen molar-refractivity contribution in [2.45, 2.75) is 19.2 Å². The van der Waals surface area contributed by atoms with Gasteiger partial charge in [0, 0.05) is 0 Å². The molecular weight excluding hydrogens is 58.9 g/mol. The van der Waals surface area contributed by atoms with E-state index in [1.807, 2.05) is 0 Å². The van der Waals surface area contributed by atoms with E-state index in [0.29, 0.717) is 5.82 Å². The molecule has 0 N–H and O–H groups in total. The second kappa shape index (κ2) is 0.765. The minimum Gasteiger partial charge on any atom is -0.0746 e. The smallest absolute Gasteiger partial charge is 0.0703 e. The van der Waals surface area contributed by atoms with Gasteiger partial charge in [0.05, 0.1) is 7.85 Å². The summed E-state index contributed by atoms with van der Waals surface area (Å²) < 4.78 is 0. The topological polar surface area (TPSA) is 0 Å². The van der Waals surface area contributed by atoms with Crippen molar-refractivity contribution < 1.29 is 0 Å². The van der Waals surface area contributed by atoms with Gasteiger partial charge in [-0.2, -0.15) is 0 Å². The van der Waals surface area contributed by atoms with Crippen LogP contribution in [0.5, 0.6) is 0 Å². The molecule has 0 spiro atoms. The molecule has 1 aliphatic carbocycles. The lowest BCUT2D eigenvalue weighted by molar-refractivity contribution is 0.981. The maximum atomic E-state index is 5.37. The average molecular weight is 65.9 g/mol. The van der Waals surface area contributed by atoms with E-state index in [-0.39, 0.29) is 0 Å². The molecular formula is C4H7B. The molecule has 0 amide bonds. The highest BCUT2D eigenvalue weighted by Crippen LogP contribution is 2.40. The van der Waals surface area contributed by atoms with Gasteiger partial charge >= 0.3 is 0 Å². The third-order valence-corrected chi connectivity index (χ3v) is 1.17. The van der Waals surface area contributed by atoms with Crippen LogP contribution in [-0.2, 0) is 0 Å². The van der Waals surface area contributed by atoms with E-state index in [1.54, 1.807) is 0 Å². The normalized spacial score (nSPS) is 49.0. The molecule has 0 aromatic rings. The Kier molecular flexibility index (Phi) is 0.499. The first-order valence-corrected chi connectivity index (χ1v) is 2.06. The Morgan fingerprint density at radius 3 is 2.00 bits per heavy atom. The van der Waals surface area contributed by atoms with E-state index in [9.17, 15) is 0 Å². The fraction of sp³-hybridized carbons (Fsp3) is 1.00. The molecule has 0 nitrogen and oxygen atoms in total. The molecule has 1 rings (SSSR count). The summed E-state index contributed by atoms with van der Waals surface area (Å²) in [6.45, 7) is 2.17. The third-order valence-electron chi connectivity index (χ3n) is 1.17. The van der Waals surface area contributed by atoms with E-state index in [0.717, 1.165) is 5.92 Å². The van der Waals surface area contributed by atoms with Crippen molar-refractivity contribution in [3.63, 3.8) is 0 Å². The third kappa shape index (κ3) is 0.471. The first kappa shape index (κ1) is 3.26. The summed E-state index contributed by atoms with van der Waals surface area (Å²) in [5, 5.41) is 0. The molecule has 1 aliphatic rings. The van der Waals surface area contributed by atoms with Gasteiger partial charge in [-0.1, -0.05) is 19.2 Å². The molecule has 26 valence electrons. The number of hydrogen-bond acceptors (Lipinski definition) is 0. The fourth-order valence-corrected chi connectivity index (χ4v) is 0.351. The molecule has 0 aromatic carbocycles. The molecule has 0 aliphatic heterocycles. The summed E-state index contributed by atoms with van der Waals surface area (Å²) in [6, 6.07) is 0. The van der Waals surface area contributed by atoms with E-state index in [1.165, 1.54) is 6.42 Å². The van der Waals surface area contributed by atoms with Crippen molar-refractivity contribution in [3.8, 4) is 0 Å². The first-order valence-electron chi connectivity index (χ1n) is 2.06. The van der Waals surface area contributed by atoms with Crippen molar-refractivity contribution in [2.75, 3.05) is 0 Å². The van der Waals surface area contributed by atoms with E-state index >= 15 is 0 Å². The molecule has 1 heteroatoms. The Hall–Kier alpha value is 0.0649. The largest absolute Gasteiger partial charge is 0.0746 e. The molecule has 2 atom stereocenters. The Labute approximate surface area is 34.0 Å². The molecule has 0 unspecified atom stereocenters. The quantitative estimate of drug-likeness (QED) is 0.370. The van der Waals surface area contributed by atoms with Crippen molar-refractivity contribution in [1.29, 1.82) is 0 Å². The molecule has 0 bridgehead atoms. The Balaban J connectivity index is 2.20. The minimum atomic E-state index is 0.551. The maximum Gasteiger partial charge on any atom is 0.0703 e. The molecule has 1 fully saturated rings. The monoisotopic (exact) mass is 66.1 g/mol. The SMILES string of the molecule is [B][C@@H]1C[C@@H]1C. The predicted octanol–water partition coefficient (Wildman–Crippen LogP) is 0.983. The summed E-state index contributed by atoms with van der Waals surface area (Å²) >= 11 is 0. The van der Waals surface area contributed by atoms with Crippen molar-refractivity contribution in [1.82, 2.24) is 0 Å². The second-order valence-corrected chi connectivity index (χ2v) is 1.88. The molecule has 0 aromatic heterocycles. The maximum absolute atomic E-state index is 5.37. The lowest BCUT2D eigenvalue weighted by Gasteiger charge is -1.66. The molecule has 1 saturated carbocycles. The Morgan fingerprint density at radius 1 is 1.80 bits per heavy atom. The summed E-state index contributed by atoms with van der Waals surface area (Å²) in [5.74, 6) is 1.38. The van der Waals surface area contributed by atoms with Crippen LogP contribution in [0.2, 0.25) is 5.82 Å². The first-order chi connectivity index (χ1) is 2.30. The fourth-order valence-electron chi connectivity index (χ4n) is 0.351. The van der Waals surface area contributed by atoms with Crippen LogP contribution >= 0.6 is 0 Å². The van der Waals surface area contributed by atoms with Crippen LogP contribution in [0.3, 0.4) is 0 Å². The van der Waals surface area contributed by atoms with Crippen LogP contribution in [0.1, 0.15) is 13.3 Å². The summed E-state index contributed by atoms with van der Waals surface area (Å²) in [6.07, 6.45) is 1.25. The van der Waals surface area contributed by atoms with Gasteiger partial charge in [-0.25, -0.2) is 0 Å². The zero-order valence-corrected chi connectivity index (χ0v) is 3.44. The zero-order chi connectivity index (χ0) is 3.86. The van der Waals surface area contributed by atoms with Crippen LogP contribution in [0, 0.1) is 5.92 Å². The highest BCUT2D eigenvalue weighted by atomic mass is 14.3. The lowest BCUT2D eigenvalue weighted by Crippen LogP contribution is -1.59. The standard InChI is InChI=1S/C4H7B/c1-3-2-4(3)5/h3-4H,2H2,1H3/t3-,4+/m0/s1. The lowest BCUT2D eigenvalue weighted by atomic mass is 10.0. The number of hydrogen-bond donors (Lipinski definition) is 0. The Bertz CT molecular complexity index is 36.9. The van der Waals surface area contributed by atoms with Crippen molar-refractivity contribution in [2.24, 2.45) is 5.92 Å². The van der Waals surface area contributed by atoms with Crippen molar-refractivity contribution in [3.05, 3.63) is 0 Å². The minimum absolute atomic E-state index is 0.551. The van der Waals surface area contributed by atoms with E-state index < -0.39 is 0 Å². The summed E-state index contributed by atoms with van der Waals surface area (Å²) in [5.41, 5.74) is 0. The zero-order valence-electron chi connectivity index (χ0n) is 3.44. The van der Waals surface area contributed by atoms with Gasteiger partial charge in [-0.05, 0) is 5.92 Å². The number of rotatable bonds is 0.